The Hall–Kier alpha value is -1.37. The Morgan fingerprint density at radius 2 is 1.95 bits per heavy atom. The van der Waals surface area contributed by atoms with Crippen LogP contribution in [0.5, 0.6) is 0 Å². The van der Waals surface area contributed by atoms with Gasteiger partial charge in [0.2, 0.25) is 5.91 Å². The van der Waals surface area contributed by atoms with E-state index in [1.807, 2.05) is 4.90 Å². The highest BCUT2D eigenvalue weighted by Gasteiger charge is 2.42. The third-order valence-corrected chi connectivity index (χ3v) is 6.17. The average Bonchev–Trinajstić information content (AvgIpc) is 2.94. The van der Waals surface area contributed by atoms with Crippen LogP contribution in [0.25, 0.3) is 0 Å². The molecule has 2 aliphatic rings. The van der Waals surface area contributed by atoms with E-state index in [1.54, 1.807) is 10.9 Å². The summed E-state index contributed by atoms with van der Waals surface area (Å²) in [6.07, 6.45) is 9.01. The van der Waals surface area contributed by atoms with Crippen molar-refractivity contribution < 1.29 is 13.2 Å². The number of carbonyl (C=O) groups is 1. The van der Waals surface area contributed by atoms with Crippen LogP contribution >= 0.6 is 0 Å². The van der Waals surface area contributed by atoms with Crippen molar-refractivity contribution in [2.24, 2.45) is 5.41 Å². The highest BCUT2D eigenvalue weighted by atomic mass is 32.2. The van der Waals surface area contributed by atoms with Gasteiger partial charge in [-0.05, 0) is 25.7 Å². The molecule has 122 valence electrons. The number of rotatable bonds is 3. The van der Waals surface area contributed by atoms with Crippen molar-refractivity contribution in [3.05, 3.63) is 12.4 Å². The van der Waals surface area contributed by atoms with E-state index in [4.69, 9.17) is 0 Å². The zero-order chi connectivity index (χ0) is 16.0. The SMILES string of the molecule is CC1(C(=O)N2CCC(n3cc(S(C)(=O)=O)cn3)CC2)CCC1. The molecule has 0 N–H and O–H groups in total. The van der Waals surface area contributed by atoms with E-state index in [-0.39, 0.29) is 22.3 Å². The summed E-state index contributed by atoms with van der Waals surface area (Å²) in [7, 11) is -3.21. The molecule has 2 fully saturated rings. The Bertz CT molecular complexity index is 668. The van der Waals surface area contributed by atoms with Crippen LogP contribution in [-0.2, 0) is 14.6 Å². The molecule has 3 rings (SSSR count). The Labute approximate surface area is 131 Å². The number of hydrogen-bond acceptors (Lipinski definition) is 4. The van der Waals surface area contributed by atoms with Gasteiger partial charge in [-0.25, -0.2) is 8.42 Å². The first-order valence-corrected chi connectivity index (χ1v) is 9.72. The fraction of sp³-hybridized carbons (Fsp3) is 0.733. The van der Waals surface area contributed by atoms with Gasteiger partial charge >= 0.3 is 0 Å². The van der Waals surface area contributed by atoms with Crippen LogP contribution in [0.15, 0.2) is 17.3 Å². The first kappa shape index (κ1) is 15.5. The van der Waals surface area contributed by atoms with E-state index in [0.717, 1.165) is 45.2 Å². The van der Waals surface area contributed by atoms with Crippen LogP contribution in [0.3, 0.4) is 0 Å². The van der Waals surface area contributed by atoms with Gasteiger partial charge in [-0.3, -0.25) is 9.48 Å². The normalized spacial score (nSPS) is 22.4. The molecule has 1 aliphatic heterocycles. The molecule has 1 amide bonds. The second-order valence-electron chi connectivity index (χ2n) is 6.87. The zero-order valence-electron chi connectivity index (χ0n) is 13.2. The Kier molecular flexibility index (Phi) is 3.79. The molecule has 1 aliphatic carbocycles. The summed E-state index contributed by atoms with van der Waals surface area (Å²) in [5, 5.41) is 4.19. The lowest BCUT2D eigenvalue weighted by molar-refractivity contribution is -0.147. The molecule has 1 saturated carbocycles. The van der Waals surface area contributed by atoms with Crippen molar-refractivity contribution in [3.63, 3.8) is 0 Å². The van der Waals surface area contributed by atoms with Crippen LogP contribution in [0.1, 0.15) is 45.1 Å². The van der Waals surface area contributed by atoms with Crippen molar-refractivity contribution in [2.45, 2.75) is 50.0 Å². The van der Waals surface area contributed by atoms with Gasteiger partial charge in [0, 0.05) is 31.0 Å². The first-order valence-electron chi connectivity index (χ1n) is 7.83. The summed E-state index contributed by atoms with van der Waals surface area (Å²) in [6.45, 7) is 3.52. The number of piperidine rings is 1. The molecule has 1 aromatic heterocycles. The monoisotopic (exact) mass is 325 g/mol. The third-order valence-electron chi connectivity index (χ3n) is 5.11. The molecule has 0 aromatic carbocycles. The summed E-state index contributed by atoms with van der Waals surface area (Å²) in [4.78, 5) is 14.7. The standard InChI is InChI=1S/C15H23N3O3S/c1-15(6-3-7-15)14(19)17-8-4-12(5-9-17)18-11-13(10-16-18)22(2,20)21/h10-12H,3-9H2,1-2H3. The van der Waals surface area contributed by atoms with Gasteiger partial charge in [0.1, 0.15) is 4.90 Å². The van der Waals surface area contributed by atoms with Crippen LogP contribution in [0.2, 0.25) is 0 Å². The van der Waals surface area contributed by atoms with E-state index in [2.05, 4.69) is 12.0 Å². The van der Waals surface area contributed by atoms with Gasteiger partial charge in [0.15, 0.2) is 9.84 Å². The number of aromatic nitrogens is 2. The van der Waals surface area contributed by atoms with E-state index in [1.165, 1.54) is 12.5 Å². The minimum absolute atomic E-state index is 0.137. The van der Waals surface area contributed by atoms with E-state index < -0.39 is 9.84 Å². The number of sulfone groups is 1. The molecular weight excluding hydrogens is 302 g/mol. The fourth-order valence-electron chi connectivity index (χ4n) is 3.35. The van der Waals surface area contributed by atoms with Gasteiger partial charge in [0.25, 0.3) is 0 Å². The quantitative estimate of drug-likeness (QED) is 0.847. The molecule has 1 aromatic rings. The summed E-state index contributed by atoms with van der Waals surface area (Å²) in [6, 6.07) is 0.175. The maximum absolute atomic E-state index is 12.5. The third kappa shape index (κ3) is 2.78. The second-order valence-corrected chi connectivity index (χ2v) is 8.88. The van der Waals surface area contributed by atoms with Crippen LogP contribution < -0.4 is 0 Å². The van der Waals surface area contributed by atoms with Crippen LogP contribution in [0, 0.1) is 5.41 Å². The van der Waals surface area contributed by atoms with Gasteiger partial charge in [-0.2, -0.15) is 5.10 Å². The molecule has 0 unspecified atom stereocenters. The second kappa shape index (κ2) is 5.37. The molecule has 6 nitrogen and oxygen atoms in total. The van der Waals surface area contributed by atoms with E-state index >= 15 is 0 Å². The highest BCUT2D eigenvalue weighted by molar-refractivity contribution is 7.90. The van der Waals surface area contributed by atoms with E-state index in [9.17, 15) is 13.2 Å². The number of nitrogens with zero attached hydrogens (tertiary/aromatic N) is 3. The molecule has 0 atom stereocenters. The molecular formula is C15H23N3O3S. The maximum Gasteiger partial charge on any atom is 0.228 e. The number of amides is 1. The summed E-state index contributed by atoms with van der Waals surface area (Å²) in [5.41, 5.74) is -0.137. The number of carbonyl (C=O) groups excluding carboxylic acids is 1. The molecule has 0 bridgehead atoms. The minimum Gasteiger partial charge on any atom is -0.342 e. The van der Waals surface area contributed by atoms with Crippen LogP contribution in [-0.4, -0.2) is 48.4 Å². The fourth-order valence-corrected chi connectivity index (χ4v) is 3.89. The Balaban J connectivity index is 1.62. The maximum atomic E-state index is 12.5. The van der Waals surface area contributed by atoms with Crippen LogP contribution in [0.4, 0.5) is 0 Å². The molecule has 0 spiro atoms. The Morgan fingerprint density at radius 3 is 2.41 bits per heavy atom. The molecule has 1 saturated heterocycles. The predicted molar refractivity (Wildman–Crippen MR) is 82.1 cm³/mol. The summed E-state index contributed by atoms with van der Waals surface area (Å²) >= 11 is 0. The Morgan fingerprint density at radius 1 is 1.32 bits per heavy atom. The highest BCUT2D eigenvalue weighted by Crippen LogP contribution is 2.42. The van der Waals surface area contributed by atoms with Crippen molar-refractivity contribution in [1.82, 2.24) is 14.7 Å². The van der Waals surface area contributed by atoms with E-state index in [0.29, 0.717) is 0 Å². The molecule has 22 heavy (non-hydrogen) atoms. The van der Waals surface area contributed by atoms with Gasteiger partial charge in [-0.1, -0.05) is 13.3 Å². The lowest BCUT2D eigenvalue weighted by Gasteiger charge is -2.43. The molecule has 7 heteroatoms. The minimum atomic E-state index is -3.21. The van der Waals surface area contributed by atoms with Gasteiger partial charge < -0.3 is 4.90 Å². The molecule has 2 heterocycles. The summed E-state index contributed by atoms with van der Waals surface area (Å²) in [5.74, 6) is 0.287. The lowest BCUT2D eigenvalue weighted by Crippen LogP contribution is -2.49. The lowest BCUT2D eigenvalue weighted by atomic mass is 9.69. The predicted octanol–water partition coefficient (Wildman–Crippen LogP) is 1.64. The zero-order valence-corrected chi connectivity index (χ0v) is 14.0. The first-order chi connectivity index (χ1) is 10.3. The smallest absolute Gasteiger partial charge is 0.228 e. The summed E-state index contributed by atoms with van der Waals surface area (Å²) < 4.78 is 24.8. The average molecular weight is 325 g/mol. The van der Waals surface area contributed by atoms with Gasteiger partial charge in [0.05, 0.1) is 12.2 Å². The largest absolute Gasteiger partial charge is 0.342 e. The van der Waals surface area contributed by atoms with Crippen molar-refractivity contribution in [1.29, 1.82) is 0 Å². The van der Waals surface area contributed by atoms with Crippen molar-refractivity contribution in [3.8, 4) is 0 Å². The van der Waals surface area contributed by atoms with Gasteiger partial charge in [-0.15, -0.1) is 0 Å². The number of hydrogen-bond donors (Lipinski definition) is 0. The van der Waals surface area contributed by atoms with Crippen molar-refractivity contribution in [2.75, 3.05) is 19.3 Å². The number of likely N-dealkylation sites (tertiary alicyclic amines) is 1. The topological polar surface area (TPSA) is 72.3 Å². The molecule has 0 radical (unpaired) electrons. The van der Waals surface area contributed by atoms with Crippen molar-refractivity contribution >= 4 is 15.7 Å².